The summed E-state index contributed by atoms with van der Waals surface area (Å²) in [5.41, 5.74) is 0.975. The highest BCUT2D eigenvalue weighted by Gasteiger charge is 2.18. The van der Waals surface area contributed by atoms with Crippen LogP contribution in [0.1, 0.15) is 24.4 Å². The molecule has 3 nitrogen and oxygen atoms in total. The Morgan fingerprint density at radius 2 is 2.50 bits per heavy atom. The first kappa shape index (κ1) is 7.55. The molecule has 0 saturated carbocycles. The molecule has 3 heteroatoms. The third-order valence-corrected chi connectivity index (χ3v) is 2.27. The van der Waals surface area contributed by atoms with Crippen LogP contribution in [0.25, 0.3) is 0 Å². The fraction of sp³-hybridized carbons (Fsp3) is 0.444. The van der Waals surface area contributed by atoms with Crippen molar-refractivity contribution in [3.8, 4) is 5.75 Å². The molecule has 64 valence electrons. The number of hydrogen-bond acceptors (Lipinski definition) is 3. The van der Waals surface area contributed by atoms with Crippen LogP contribution in [0.5, 0.6) is 5.75 Å². The predicted molar refractivity (Wildman–Crippen MR) is 45.9 cm³/mol. The van der Waals surface area contributed by atoms with Crippen LogP contribution in [0.15, 0.2) is 18.5 Å². The van der Waals surface area contributed by atoms with Gasteiger partial charge in [-0.1, -0.05) is 0 Å². The zero-order valence-corrected chi connectivity index (χ0v) is 6.83. The number of nitrogens with zero attached hydrogens (tertiary/aromatic N) is 1. The zero-order valence-electron chi connectivity index (χ0n) is 6.83. The number of hydrogen-bond donors (Lipinski definition) is 2. The second-order valence-corrected chi connectivity index (χ2v) is 3.08. The number of rotatable bonds is 1. The highest BCUT2D eigenvalue weighted by Crippen LogP contribution is 2.28. The van der Waals surface area contributed by atoms with Crippen LogP contribution in [0.4, 0.5) is 0 Å². The van der Waals surface area contributed by atoms with Gasteiger partial charge in [0.25, 0.3) is 0 Å². The quantitative estimate of drug-likeness (QED) is 0.655. The molecular weight excluding hydrogens is 152 g/mol. The summed E-state index contributed by atoms with van der Waals surface area (Å²) in [5, 5.41) is 12.8. The van der Waals surface area contributed by atoms with Gasteiger partial charge in [-0.15, -0.1) is 0 Å². The molecule has 2 heterocycles. The molecule has 0 spiro atoms. The van der Waals surface area contributed by atoms with Crippen molar-refractivity contribution in [2.75, 3.05) is 6.54 Å². The van der Waals surface area contributed by atoms with Crippen molar-refractivity contribution >= 4 is 0 Å². The van der Waals surface area contributed by atoms with E-state index in [-0.39, 0.29) is 0 Å². The summed E-state index contributed by atoms with van der Waals surface area (Å²) in [7, 11) is 0. The molecule has 1 aliphatic rings. The van der Waals surface area contributed by atoms with Gasteiger partial charge in [-0.3, -0.25) is 4.98 Å². The Balaban J connectivity index is 2.26. The molecule has 12 heavy (non-hydrogen) atoms. The lowest BCUT2D eigenvalue weighted by molar-refractivity contribution is 0.454. The molecule has 2 N–H and O–H groups in total. The minimum absolute atomic E-state index is 0.303. The standard InChI is InChI=1S/C9H12N2O/c12-9-6-10-5-3-7(9)8-2-1-4-11-8/h3,5-6,8,11-12H,1-2,4H2. The summed E-state index contributed by atoms with van der Waals surface area (Å²) < 4.78 is 0. The van der Waals surface area contributed by atoms with Crippen LogP contribution >= 0.6 is 0 Å². The van der Waals surface area contributed by atoms with Gasteiger partial charge in [-0.25, -0.2) is 0 Å². The summed E-state index contributed by atoms with van der Waals surface area (Å²) in [4.78, 5) is 3.84. The van der Waals surface area contributed by atoms with E-state index in [1.807, 2.05) is 6.07 Å². The van der Waals surface area contributed by atoms with Crippen molar-refractivity contribution in [2.24, 2.45) is 0 Å². The van der Waals surface area contributed by atoms with E-state index in [0.29, 0.717) is 11.8 Å². The molecule has 1 unspecified atom stereocenters. The molecule has 2 rings (SSSR count). The maximum Gasteiger partial charge on any atom is 0.138 e. The minimum Gasteiger partial charge on any atom is -0.506 e. The Morgan fingerprint density at radius 1 is 1.58 bits per heavy atom. The Kier molecular flexibility index (Phi) is 1.96. The summed E-state index contributed by atoms with van der Waals surface area (Å²) in [6.45, 7) is 1.05. The van der Waals surface area contributed by atoms with Gasteiger partial charge in [-0.05, 0) is 25.5 Å². The topological polar surface area (TPSA) is 45.2 Å². The normalized spacial score (nSPS) is 22.8. The SMILES string of the molecule is Oc1cnccc1C1CCCN1. The van der Waals surface area contributed by atoms with E-state index in [1.54, 1.807) is 6.20 Å². The predicted octanol–water partition coefficient (Wildman–Crippen LogP) is 1.21. The smallest absolute Gasteiger partial charge is 0.138 e. The third-order valence-electron chi connectivity index (χ3n) is 2.27. The van der Waals surface area contributed by atoms with E-state index in [2.05, 4.69) is 10.3 Å². The number of pyridine rings is 1. The van der Waals surface area contributed by atoms with E-state index in [9.17, 15) is 5.11 Å². The molecule has 1 fully saturated rings. The van der Waals surface area contributed by atoms with Gasteiger partial charge in [0, 0.05) is 17.8 Å². The Bertz CT molecular complexity index is 269. The molecule has 0 amide bonds. The van der Waals surface area contributed by atoms with Gasteiger partial charge in [-0.2, -0.15) is 0 Å². The van der Waals surface area contributed by atoms with Crippen molar-refractivity contribution in [2.45, 2.75) is 18.9 Å². The summed E-state index contributed by atoms with van der Waals surface area (Å²) in [5.74, 6) is 0.303. The van der Waals surface area contributed by atoms with Crippen LogP contribution in [-0.4, -0.2) is 16.6 Å². The van der Waals surface area contributed by atoms with Crippen molar-refractivity contribution < 1.29 is 5.11 Å². The van der Waals surface area contributed by atoms with Crippen molar-refractivity contribution in [3.05, 3.63) is 24.0 Å². The van der Waals surface area contributed by atoms with Gasteiger partial charge < -0.3 is 10.4 Å². The van der Waals surface area contributed by atoms with E-state index in [1.165, 1.54) is 12.6 Å². The van der Waals surface area contributed by atoms with Crippen molar-refractivity contribution in [3.63, 3.8) is 0 Å². The monoisotopic (exact) mass is 164 g/mol. The minimum atomic E-state index is 0.303. The lowest BCUT2D eigenvalue weighted by Crippen LogP contribution is -2.12. The zero-order chi connectivity index (χ0) is 8.39. The first-order chi connectivity index (χ1) is 5.88. The first-order valence-electron chi connectivity index (χ1n) is 4.24. The Hall–Kier alpha value is -1.09. The van der Waals surface area contributed by atoms with E-state index >= 15 is 0 Å². The largest absolute Gasteiger partial charge is 0.506 e. The van der Waals surface area contributed by atoms with Gasteiger partial charge >= 0.3 is 0 Å². The lowest BCUT2D eigenvalue weighted by Gasteiger charge is -2.10. The van der Waals surface area contributed by atoms with Crippen LogP contribution in [0, 0.1) is 0 Å². The molecule has 0 aromatic carbocycles. The molecule has 0 aliphatic carbocycles. The molecule has 1 aromatic rings. The summed E-state index contributed by atoms with van der Waals surface area (Å²) in [6.07, 6.45) is 5.51. The third kappa shape index (κ3) is 1.28. The van der Waals surface area contributed by atoms with Gasteiger partial charge in [0.15, 0.2) is 0 Å². The molecule has 1 saturated heterocycles. The highest BCUT2D eigenvalue weighted by atomic mass is 16.3. The molecule has 1 aromatic heterocycles. The first-order valence-corrected chi connectivity index (χ1v) is 4.24. The number of aromatic nitrogens is 1. The Morgan fingerprint density at radius 3 is 3.17 bits per heavy atom. The second kappa shape index (κ2) is 3.11. The van der Waals surface area contributed by atoms with Crippen molar-refractivity contribution in [1.29, 1.82) is 0 Å². The summed E-state index contributed by atoms with van der Waals surface area (Å²) >= 11 is 0. The molecule has 0 bridgehead atoms. The fourth-order valence-electron chi connectivity index (χ4n) is 1.64. The molecule has 1 atom stereocenters. The van der Waals surface area contributed by atoms with Gasteiger partial charge in [0.05, 0.1) is 6.20 Å². The molecule has 1 aliphatic heterocycles. The number of aromatic hydroxyl groups is 1. The molecular formula is C9H12N2O. The van der Waals surface area contributed by atoms with Crippen LogP contribution < -0.4 is 5.32 Å². The lowest BCUT2D eigenvalue weighted by atomic mass is 10.1. The van der Waals surface area contributed by atoms with E-state index < -0.39 is 0 Å². The van der Waals surface area contributed by atoms with Crippen LogP contribution in [0.2, 0.25) is 0 Å². The number of nitrogens with one attached hydrogen (secondary N) is 1. The average Bonchev–Trinajstić information content (AvgIpc) is 2.57. The second-order valence-electron chi connectivity index (χ2n) is 3.08. The maximum absolute atomic E-state index is 9.47. The Labute approximate surface area is 71.4 Å². The van der Waals surface area contributed by atoms with E-state index in [4.69, 9.17) is 0 Å². The maximum atomic E-state index is 9.47. The molecule has 0 radical (unpaired) electrons. The van der Waals surface area contributed by atoms with Gasteiger partial charge in [0.1, 0.15) is 5.75 Å². The average molecular weight is 164 g/mol. The fourth-order valence-corrected chi connectivity index (χ4v) is 1.64. The van der Waals surface area contributed by atoms with Crippen LogP contribution in [-0.2, 0) is 0 Å². The van der Waals surface area contributed by atoms with Crippen molar-refractivity contribution in [1.82, 2.24) is 10.3 Å². The van der Waals surface area contributed by atoms with Gasteiger partial charge in [0.2, 0.25) is 0 Å². The van der Waals surface area contributed by atoms with E-state index in [0.717, 1.165) is 18.5 Å². The summed E-state index contributed by atoms with van der Waals surface area (Å²) in [6, 6.07) is 2.20. The van der Waals surface area contributed by atoms with Crippen LogP contribution in [0.3, 0.4) is 0 Å². The highest BCUT2D eigenvalue weighted by molar-refractivity contribution is 5.31.